The molecule has 166 valence electrons. The lowest BCUT2D eigenvalue weighted by Gasteiger charge is -2.19. The fourth-order valence-electron chi connectivity index (χ4n) is 3.58. The van der Waals surface area contributed by atoms with Gasteiger partial charge in [-0.05, 0) is 60.1 Å². The summed E-state index contributed by atoms with van der Waals surface area (Å²) < 4.78 is 5.57. The first-order valence-corrected chi connectivity index (χ1v) is 11.8. The number of hydrogen-bond acceptors (Lipinski definition) is 5. The standard InChI is InChI=1S/C27H30N2O2S/c1-3-31-25-14-12-24(13-15-25)26(27(29)17-32-18-28)16-20-4-6-22(7-5-20)23-10-8-21(9-11-23)19(2)30/h4-15,17,26H,3,16,18,28-29H2,1-2H3/b27-17-/t26-/m0/s1. The molecular formula is C27H30N2O2S. The summed E-state index contributed by atoms with van der Waals surface area (Å²) in [4.78, 5) is 11.5. The SMILES string of the molecule is CCOc1ccc([C@H](Cc2ccc(-c3ccc(C(C)=O)cc3)cc2)/C(N)=C/SCN)cc1. The molecule has 5 heteroatoms. The zero-order valence-electron chi connectivity index (χ0n) is 18.6. The maximum Gasteiger partial charge on any atom is 0.159 e. The van der Waals surface area contributed by atoms with Crippen LogP contribution in [0.15, 0.2) is 83.9 Å². The summed E-state index contributed by atoms with van der Waals surface area (Å²) in [6.07, 6.45) is 0.783. The number of benzene rings is 3. The van der Waals surface area contributed by atoms with Crippen LogP contribution in [-0.2, 0) is 6.42 Å². The molecule has 0 unspecified atom stereocenters. The zero-order chi connectivity index (χ0) is 22.9. The maximum absolute atomic E-state index is 11.5. The molecule has 0 radical (unpaired) electrons. The lowest BCUT2D eigenvalue weighted by atomic mass is 9.89. The van der Waals surface area contributed by atoms with Gasteiger partial charge in [-0.3, -0.25) is 4.79 Å². The van der Waals surface area contributed by atoms with Crippen molar-refractivity contribution in [2.24, 2.45) is 11.5 Å². The van der Waals surface area contributed by atoms with Crippen LogP contribution in [0, 0.1) is 0 Å². The van der Waals surface area contributed by atoms with Gasteiger partial charge in [-0.15, -0.1) is 11.8 Å². The third-order valence-electron chi connectivity index (χ3n) is 5.33. The van der Waals surface area contributed by atoms with Crippen LogP contribution in [0.1, 0.15) is 41.3 Å². The Balaban J connectivity index is 1.81. The maximum atomic E-state index is 11.5. The Morgan fingerprint density at radius 3 is 2.09 bits per heavy atom. The molecule has 0 fully saturated rings. The fourth-order valence-corrected chi connectivity index (χ4v) is 4.04. The van der Waals surface area contributed by atoms with Crippen LogP contribution in [0.2, 0.25) is 0 Å². The highest BCUT2D eigenvalue weighted by Crippen LogP contribution is 2.30. The van der Waals surface area contributed by atoms with Crippen LogP contribution >= 0.6 is 11.8 Å². The number of carbonyl (C=O) groups excluding carboxylic acids is 1. The summed E-state index contributed by atoms with van der Waals surface area (Å²) in [5.74, 6) is 1.47. The molecule has 32 heavy (non-hydrogen) atoms. The largest absolute Gasteiger partial charge is 0.494 e. The van der Waals surface area contributed by atoms with E-state index < -0.39 is 0 Å². The van der Waals surface area contributed by atoms with Gasteiger partial charge in [0.05, 0.1) is 6.61 Å². The minimum absolute atomic E-state index is 0.0467. The van der Waals surface area contributed by atoms with E-state index in [1.807, 2.05) is 48.7 Å². The molecule has 4 nitrogen and oxygen atoms in total. The highest BCUT2D eigenvalue weighted by Gasteiger charge is 2.16. The number of nitrogens with two attached hydrogens (primary N) is 2. The molecule has 3 aromatic rings. The third-order valence-corrected chi connectivity index (χ3v) is 5.96. The van der Waals surface area contributed by atoms with Crippen molar-refractivity contribution in [2.45, 2.75) is 26.2 Å². The van der Waals surface area contributed by atoms with Gasteiger partial charge in [-0.2, -0.15) is 0 Å². The number of carbonyl (C=O) groups is 1. The van der Waals surface area contributed by atoms with E-state index in [0.717, 1.165) is 40.1 Å². The predicted molar refractivity (Wildman–Crippen MR) is 135 cm³/mol. The molecule has 4 N–H and O–H groups in total. The van der Waals surface area contributed by atoms with Crippen molar-refractivity contribution in [1.82, 2.24) is 0 Å². The van der Waals surface area contributed by atoms with Crippen molar-refractivity contribution in [3.8, 4) is 16.9 Å². The van der Waals surface area contributed by atoms with Crippen molar-refractivity contribution in [1.29, 1.82) is 0 Å². The Morgan fingerprint density at radius 1 is 0.969 bits per heavy atom. The van der Waals surface area contributed by atoms with Gasteiger partial charge >= 0.3 is 0 Å². The molecule has 0 aromatic heterocycles. The van der Waals surface area contributed by atoms with E-state index in [2.05, 4.69) is 36.4 Å². The van der Waals surface area contributed by atoms with Gasteiger partial charge in [-0.1, -0.05) is 60.7 Å². The Hall–Kier alpha value is -3.02. The Bertz CT molecular complexity index is 1040. The highest BCUT2D eigenvalue weighted by atomic mass is 32.2. The van der Waals surface area contributed by atoms with E-state index in [1.54, 1.807) is 6.92 Å². The Morgan fingerprint density at radius 2 is 1.56 bits per heavy atom. The van der Waals surface area contributed by atoms with Crippen molar-refractivity contribution in [2.75, 3.05) is 12.5 Å². The first-order valence-electron chi connectivity index (χ1n) is 10.7. The second kappa shape index (κ2) is 11.6. The van der Waals surface area contributed by atoms with Crippen molar-refractivity contribution >= 4 is 17.5 Å². The summed E-state index contributed by atoms with van der Waals surface area (Å²) in [7, 11) is 0. The smallest absolute Gasteiger partial charge is 0.159 e. The second-order valence-electron chi connectivity index (χ2n) is 7.54. The van der Waals surface area contributed by atoms with Crippen LogP contribution in [0.5, 0.6) is 5.75 Å². The molecule has 1 atom stereocenters. The van der Waals surface area contributed by atoms with E-state index in [-0.39, 0.29) is 11.7 Å². The van der Waals surface area contributed by atoms with E-state index in [0.29, 0.717) is 12.5 Å². The van der Waals surface area contributed by atoms with Crippen molar-refractivity contribution in [3.63, 3.8) is 0 Å². The highest BCUT2D eigenvalue weighted by molar-refractivity contribution is 8.02. The summed E-state index contributed by atoms with van der Waals surface area (Å²) in [5, 5.41) is 1.95. The molecule has 0 heterocycles. The molecule has 0 aliphatic heterocycles. The van der Waals surface area contributed by atoms with Crippen molar-refractivity contribution < 1.29 is 9.53 Å². The first-order chi connectivity index (χ1) is 15.5. The van der Waals surface area contributed by atoms with E-state index in [4.69, 9.17) is 16.2 Å². The lowest BCUT2D eigenvalue weighted by molar-refractivity contribution is 0.101. The summed E-state index contributed by atoms with van der Waals surface area (Å²) in [5.41, 5.74) is 18.2. The van der Waals surface area contributed by atoms with Gasteiger partial charge in [0.2, 0.25) is 0 Å². The minimum Gasteiger partial charge on any atom is -0.494 e. The number of ketones is 1. The van der Waals surface area contributed by atoms with E-state index in [9.17, 15) is 4.79 Å². The van der Waals surface area contributed by atoms with Crippen LogP contribution in [0.4, 0.5) is 0 Å². The van der Waals surface area contributed by atoms with E-state index in [1.165, 1.54) is 17.3 Å². The van der Waals surface area contributed by atoms with Gasteiger partial charge in [0, 0.05) is 23.1 Å². The average molecular weight is 447 g/mol. The van der Waals surface area contributed by atoms with Crippen LogP contribution in [0.25, 0.3) is 11.1 Å². The van der Waals surface area contributed by atoms with Gasteiger partial charge < -0.3 is 16.2 Å². The minimum atomic E-state index is 0.0467. The molecule has 3 aromatic carbocycles. The number of Topliss-reactive ketones (excluding diaryl/α,β-unsaturated/α-hetero) is 1. The zero-order valence-corrected chi connectivity index (χ0v) is 19.4. The van der Waals surface area contributed by atoms with Crippen molar-refractivity contribution in [3.05, 3.63) is 101 Å². The van der Waals surface area contributed by atoms with Gasteiger partial charge in [-0.25, -0.2) is 0 Å². The molecule has 0 amide bonds. The fraction of sp³-hybridized carbons (Fsp3) is 0.222. The lowest BCUT2D eigenvalue weighted by Crippen LogP contribution is -2.13. The molecule has 0 aliphatic carbocycles. The molecule has 0 saturated heterocycles. The van der Waals surface area contributed by atoms with Crippen LogP contribution in [-0.4, -0.2) is 18.3 Å². The number of hydrogen-bond donors (Lipinski definition) is 2. The normalized spacial score (nSPS) is 12.4. The summed E-state index contributed by atoms with van der Waals surface area (Å²) >= 11 is 1.51. The third kappa shape index (κ3) is 6.25. The van der Waals surface area contributed by atoms with Crippen LogP contribution in [0.3, 0.4) is 0 Å². The number of ether oxygens (including phenoxy) is 1. The Kier molecular flexibility index (Phi) is 8.54. The molecular weight excluding hydrogens is 416 g/mol. The molecule has 0 bridgehead atoms. The molecule has 0 saturated carbocycles. The summed E-state index contributed by atoms with van der Waals surface area (Å²) in [6.45, 7) is 4.20. The van der Waals surface area contributed by atoms with Gasteiger partial charge in [0.1, 0.15) is 5.75 Å². The number of rotatable bonds is 10. The number of thioether (sulfide) groups is 1. The Labute approximate surface area is 194 Å². The monoisotopic (exact) mass is 446 g/mol. The average Bonchev–Trinajstić information content (AvgIpc) is 2.82. The summed E-state index contributed by atoms with van der Waals surface area (Å²) in [6, 6.07) is 24.3. The van der Waals surface area contributed by atoms with Gasteiger partial charge in [0.15, 0.2) is 5.78 Å². The predicted octanol–water partition coefficient (Wildman–Crippen LogP) is 5.73. The van der Waals surface area contributed by atoms with Gasteiger partial charge in [0.25, 0.3) is 0 Å². The topological polar surface area (TPSA) is 78.3 Å². The molecule has 0 aliphatic rings. The van der Waals surface area contributed by atoms with E-state index >= 15 is 0 Å². The molecule has 3 rings (SSSR count). The second-order valence-corrected chi connectivity index (χ2v) is 8.44. The molecule has 0 spiro atoms. The quantitative estimate of drug-likeness (QED) is 0.307. The van der Waals surface area contributed by atoms with Crippen LogP contribution < -0.4 is 16.2 Å². The number of allylic oxidation sites excluding steroid dienone is 1. The first kappa shape index (κ1) is 23.6.